The molecule has 1 aliphatic rings. The highest BCUT2D eigenvalue weighted by Crippen LogP contribution is 2.45. The second-order valence-electron chi connectivity index (χ2n) is 8.58. The van der Waals surface area contributed by atoms with Crippen LogP contribution in [0.25, 0.3) is 0 Å². The van der Waals surface area contributed by atoms with Gasteiger partial charge in [0.1, 0.15) is 24.0 Å². The van der Waals surface area contributed by atoms with Crippen molar-refractivity contribution in [2.45, 2.75) is 63.9 Å². The van der Waals surface area contributed by atoms with Crippen molar-refractivity contribution in [1.29, 1.82) is 0 Å². The Labute approximate surface area is 212 Å². The van der Waals surface area contributed by atoms with Crippen molar-refractivity contribution in [3.8, 4) is 5.75 Å². The first kappa shape index (κ1) is 28.7. The lowest BCUT2D eigenvalue weighted by Gasteiger charge is -2.38. The van der Waals surface area contributed by atoms with Gasteiger partial charge in [0.05, 0.1) is 18.8 Å². The maximum atomic E-state index is 13.6. The molecule has 0 bridgehead atoms. The first-order valence-corrected chi connectivity index (χ1v) is 13.0. The molecule has 0 spiro atoms. The zero-order chi connectivity index (χ0) is 27.2. The molecule has 2 unspecified atom stereocenters. The predicted octanol–water partition coefficient (Wildman–Crippen LogP) is 1.19. The van der Waals surface area contributed by atoms with Crippen LogP contribution in [0.3, 0.4) is 0 Å². The Hall–Kier alpha value is -2.84. The highest BCUT2D eigenvalue weighted by Gasteiger charge is 2.40. The van der Waals surface area contributed by atoms with Crippen LogP contribution in [0.15, 0.2) is 47.4 Å². The van der Waals surface area contributed by atoms with Crippen molar-refractivity contribution in [1.82, 2.24) is 14.6 Å². The highest BCUT2D eigenvalue weighted by atomic mass is 31.2. The number of aliphatic hydroxyl groups is 2. The third kappa shape index (κ3) is 7.82. The molecule has 2 aromatic rings. The van der Waals surface area contributed by atoms with Crippen molar-refractivity contribution in [3.05, 3.63) is 53.1 Å². The number of rotatable bonds is 11. The van der Waals surface area contributed by atoms with E-state index < -0.39 is 62.7 Å². The molecule has 3 rings (SSSR count). The van der Waals surface area contributed by atoms with Crippen LogP contribution in [0.2, 0.25) is 0 Å². The summed E-state index contributed by atoms with van der Waals surface area (Å²) in [5, 5.41) is 32.3. The maximum absolute atomic E-state index is 13.6. The zero-order valence-electron chi connectivity index (χ0n) is 20.5. The summed E-state index contributed by atoms with van der Waals surface area (Å²) < 4.78 is 36.6. The monoisotopic (exact) mass is 542 g/mol. The minimum absolute atomic E-state index is 0.110. The molecule has 1 fully saturated rings. The lowest BCUT2D eigenvalue weighted by molar-refractivity contribution is -0.205. The molecule has 5 N–H and O–H groups in total. The van der Waals surface area contributed by atoms with Crippen LogP contribution in [0.5, 0.6) is 5.75 Å². The van der Waals surface area contributed by atoms with E-state index in [0.717, 1.165) is 4.57 Å². The number of aromatic nitrogens is 2. The number of nitrogens with one attached hydrogen (secondary N) is 2. The van der Waals surface area contributed by atoms with Gasteiger partial charge in [-0.3, -0.25) is 24.6 Å². The first-order chi connectivity index (χ1) is 17.5. The molecule has 2 heterocycles. The predicted molar refractivity (Wildman–Crippen MR) is 129 cm³/mol. The fraction of sp³-hybridized carbons (Fsp3) is 0.500. The average molecular weight is 542 g/mol. The fourth-order valence-electron chi connectivity index (χ4n) is 3.45. The minimum Gasteiger partial charge on any atom is -0.462 e. The third-order valence-corrected chi connectivity index (χ3v) is 6.85. The summed E-state index contributed by atoms with van der Waals surface area (Å²) in [4.78, 5) is 28.2. The van der Waals surface area contributed by atoms with Crippen LogP contribution in [0.1, 0.15) is 33.4 Å². The molecule has 6 atom stereocenters. The Morgan fingerprint density at radius 1 is 1.22 bits per heavy atom. The van der Waals surface area contributed by atoms with E-state index in [0.29, 0.717) is 0 Å². The molecule has 204 valence electrons. The SMILES string of the molecule is CC(C)OC(=O)[C@@H](C)NP(=O)(OC[C@@H]1O[C@H](n2ccc(NO)nc2=O)C(O)C[C@H]1O)Oc1ccccc1. The molecular weight excluding hydrogens is 511 g/mol. The van der Waals surface area contributed by atoms with Crippen molar-refractivity contribution in [3.63, 3.8) is 0 Å². The number of esters is 1. The van der Waals surface area contributed by atoms with Gasteiger partial charge in [0, 0.05) is 12.6 Å². The van der Waals surface area contributed by atoms with E-state index >= 15 is 0 Å². The van der Waals surface area contributed by atoms with E-state index in [1.807, 2.05) is 0 Å². The number of carbonyl (C=O) groups is 1. The molecule has 37 heavy (non-hydrogen) atoms. The van der Waals surface area contributed by atoms with Gasteiger partial charge in [0.25, 0.3) is 0 Å². The van der Waals surface area contributed by atoms with E-state index in [-0.39, 0.29) is 18.0 Å². The van der Waals surface area contributed by atoms with Crippen LogP contribution in [0.4, 0.5) is 5.82 Å². The van der Waals surface area contributed by atoms with Crippen LogP contribution >= 0.6 is 7.75 Å². The summed E-state index contributed by atoms with van der Waals surface area (Å²) in [5.74, 6) is -0.599. The lowest BCUT2D eigenvalue weighted by atomic mass is 10.0. The number of benzene rings is 1. The molecule has 1 aromatic carbocycles. The molecular formula is C22H31N4O10P. The van der Waals surface area contributed by atoms with Gasteiger partial charge in [0.2, 0.25) is 0 Å². The Kier molecular flexibility index (Phi) is 9.79. The summed E-state index contributed by atoms with van der Waals surface area (Å²) in [6.07, 6.45) is -4.29. The van der Waals surface area contributed by atoms with Gasteiger partial charge in [0.15, 0.2) is 12.0 Å². The van der Waals surface area contributed by atoms with Crippen molar-refractivity contribution in [2.75, 3.05) is 12.1 Å². The molecule has 1 saturated heterocycles. The van der Waals surface area contributed by atoms with E-state index in [2.05, 4.69) is 10.1 Å². The molecule has 0 aliphatic carbocycles. The Morgan fingerprint density at radius 2 is 1.92 bits per heavy atom. The normalized spacial score (nSPS) is 24.2. The van der Waals surface area contributed by atoms with E-state index in [1.54, 1.807) is 37.5 Å². The Morgan fingerprint density at radius 3 is 2.54 bits per heavy atom. The van der Waals surface area contributed by atoms with Gasteiger partial charge in [-0.25, -0.2) is 9.36 Å². The number of ether oxygens (including phenoxy) is 2. The van der Waals surface area contributed by atoms with E-state index in [1.165, 1.54) is 31.3 Å². The molecule has 1 aromatic heterocycles. The Balaban J connectivity index is 1.77. The smallest absolute Gasteiger partial charge is 0.459 e. The summed E-state index contributed by atoms with van der Waals surface area (Å²) in [5.41, 5.74) is 0.906. The topological polar surface area (TPSA) is 191 Å². The number of carbonyl (C=O) groups excluding carboxylic acids is 1. The zero-order valence-corrected chi connectivity index (χ0v) is 21.4. The van der Waals surface area contributed by atoms with Crippen LogP contribution in [-0.2, 0) is 23.4 Å². The van der Waals surface area contributed by atoms with Crippen LogP contribution in [0, 0.1) is 0 Å². The third-order valence-electron chi connectivity index (χ3n) is 5.21. The average Bonchev–Trinajstić information content (AvgIpc) is 2.84. The molecule has 0 radical (unpaired) electrons. The summed E-state index contributed by atoms with van der Waals surface area (Å²) in [7, 11) is -4.24. The summed E-state index contributed by atoms with van der Waals surface area (Å²) in [6.45, 7) is 4.27. The van der Waals surface area contributed by atoms with E-state index in [4.69, 9.17) is 23.7 Å². The number of aliphatic hydroxyl groups excluding tert-OH is 2. The largest absolute Gasteiger partial charge is 0.462 e. The number of anilines is 1. The quantitative estimate of drug-likeness (QED) is 0.155. The number of nitrogens with zero attached hydrogens (tertiary/aromatic N) is 2. The fourth-order valence-corrected chi connectivity index (χ4v) is 4.95. The van der Waals surface area contributed by atoms with Gasteiger partial charge >= 0.3 is 19.4 Å². The number of para-hydroxylation sites is 1. The molecule has 0 amide bonds. The van der Waals surface area contributed by atoms with E-state index in [9.17, 15) is 24.4 Å². The number of hydrogen-bond acceptors (Lipinski definition) is 12. The second kappa shape index (κ2) is 12.6. The number of hydrogen-bond donors (Lipinski definition) is 5. The molecule has 0 saturated carbocycles. The van der Waals surface area contributed by atoms with Gasteiger partial charge in [-0.05, 0) is 39.0 Å². The van der Waals surface area contributed by atoms with Crippen molar-refractivity contribution >= 4 is 19.5 Å². The minimum atomic E-state index is -4.24. The standard InChI is InChI=1S/C22H31N4O10P/c1-13(2)34-21(29)14(3)25-37(32,36-15-7-5-4-6-8-15)33-12-18-16(27)11-17(28)20(35-18)26-10-9-19(24-31)23-22(26)30/h4-10,13-14,16-18,20,27-28,31H,11-12H2,1-3H3,(H,25,32)(H,23,24,30)/t14-,16-,17?,18+,20+,37?/m1/s1. The summed E-state index contributed by atoms with van der Waals surface area (Å²) >= 11 is 0. The van der Waals surface area contributed by atoms with Gasteiger partial charge in [-0.2, -0.15) is 10.1 Å². The first-order valence-electron chi connectivity index (χ1n) is 11.5. The second-order valence-corrected chi connectivity index (χ2v) is 10.3. The maximum Gasteiger partial charge on any atom is 0.459 e. The van der Waals surface area contributed by atoms with Crippen molar-refractivity contribution in [2.24, 2.45) is 0 Å². The van der Waals surface area contributed by atoms with Crippen molar-refractivity contribution < 1.29 is 43.3 Å². The highest BCUT2D eigenvalue weighted by molar-refractivity contribution is 7.52. The lowest BCUT2D eigenvalue weighted by Crippen LogP contribution is -2.49. The Bertz CT molecular complexity index is 1150. The van der Waals surface area contributed by atoms with Gasteiger partial charge < -0.3 is 24.2 Å². The van der Waals surface area contributed by atoms with Crippen LogP contribution < -0.4 is 20.8 Å². The molecule has 1 aliphatic heterocycles. The van der Waals surface area contributed by atoms with Crippen LogP contribution in [-0.4, -0.2) is 68.0 Å². The molecule has 15 heteroatoms. The van der Waals surface area contributed by atoms with Gasteiger partial charge in [-0.15, -0.1) is 0 Å². The summed E-state index contributed by atoms with van der Waals surface area (Å²) in [6, 6.07) is 8.31. The molecule has 14 nitrogen and oxygen atoms in total. The van der Waals surface area contributed by atoms with Gasteiger partial charge in [-0.1, -0.05) is 18.2 Å².